The van der Waals surface area contributed by atoms with Crippen molar-refractivity contribution in [3.63, 3.8) is 0 Å². The van der Waals surface area contributed by atoms with Crippen molar-refractivity contribution in [2.24, 2.45) is 0 Å². The van der Waals surface area contributed by atoms with Crippen LogP contribution in [0.25, 0.3) is 21.5 Å². The van der Waals surface area contributed by atoms with Crippen molar-refractivity contribution in [3.05, 3.63) is 156 Å². The van der Waals surface area contributed by atoms with Gasteiger partial charge in [0.2, 0.25) is 0 Å². The summed E-state index contributed by atoms with van der Waals surface area (Å²) in [5.41, 5.74) is 6.18. The van der Waals surface area contributed by atoms with Crippen LogP contribution >= 0.6 is 12.6 Å². The van der Waals surface area contributed by atoms with E-state index >= 15 is 0 Å². The van der Waals surface area contributed by atoms with Gasteiger partial charge in [0.05, 0.1) is 11.9 Å². The first kappa shape index (κ1) is 25.8. The minimum absolute atomic E-state index is 0.0426. The lowest BCUT2D eigenvalue weighted by atomic mass is 9.88. The summed E-state index contributed by atoms with van der Waals surface area (Å²) in [7, 11) is 0. The highest BCUT2D eigenvalue weighted by molar-refractivity contribution is 7.80. The fourth-order valence-electron chi connectivity index (χ4n) is 6.25. The van der Waals surface area contributed by atoms with Crippen LogP contribution in [-0.4, -0.2) is 0 Å². The molecule has 0 amide bonds. The van der Waals surface area contributed by atoms with Crippen LogP contribution in [0.1, 0.15) is 46.9 Å². The summed E-state index contributed by atoms with van der Waals surface area (Å²) in [5.74, 6) is 0. The van der Waals surface area contributed by atoms with Gasteiger partial charge in [-0.05, 0) is 57.0 Å². The average Bonchev–Trinajstić information content (AvgIpc) is 3.05. The molecule has 1 heterocycles. The molecule has 0 aliphatic carbocycles. The minimum atomic E-state index is -0.0426. The number of thiol groups is 1. The Morgan fingerprint density at radius 1 is 0.634 bits per heavy atom. The molecule has 0 saturated carbocycles. The predicted octanol–water partition coefficient (Wildman–Crippen LogP) is 8.96. The Hall–Kier alpha value is -4.09. The average molecular weight is 552 g/mol. The van der Waals surface area contributed by atoms with Crippen molar-refractivity contribution in [3.8, 4) is 0 Å². The maximum Gasteiger partial charge on any atom is 0.0851 e. The molecule has 1 aliphatic heterocycles. The van der Waals surface area contributed by atoms with Gasteiger partial charge in [0.1, 0.15) is 0 Å². The summed E-state index contributed by atoms with van der Waals surface area (Å²) in [6.07, 6.45) is 0.930. The van der Waals surface area contributed by atoms with Crippen LogP contribution in [0, 0.1) is 0 Å². The summed E-state index contributed by atoms with van der Waals surface area (Å²) < 4.78 is 0. The number of hydrogen-bond donors (Lipinski definition) is 4. The van der Waals surface area contributed by atoms with E-state index < -0.39 is 0 Å². The molecule has 3 nitrogen and oxygen atoms in total. The Morgan fingerprint density at radius 2 is 1.22 bits per heavy atom. The van der Waals surface area contributed by atoms with Crippen molar-refractivity contribution in [2.45, 2.75) is 36.1 Å². The molecule has 6 aromatic rings. The van der Waals surface area contributed by atoms with E-state index in [-0.39, 0.29) is 18.2 Å². The van der Waals surface area contributed by atoms with Crippen LogP contribution in [-0.2, 0) is 6.54 Å². The summed E-state index contributed by atoms with van der Waals surface area (Å²) in [6, 6.07) is 48.1. The minimum Gasteiger partial charge on any atom is -0.380 e. The van der Waals surface area contributed by atoms with E-state index in [0.29, 0.717) is 0 Å². The second-order valence-corrected chi connectivity index (χ2v) is 11.3. The molecular formula is C37H33N3S. The number of benzene rings is 6. The lowest BCUT2D eigenvalue weighted by molar-refractivity contribution is 0.249. The Morgan fingerprint density at radius 3 is 1.88 bits per heavy atom. The van der Waals surface area contributed by atoms with Gasteiger partial charge < -0.3 is 5.32 Å². The Bertz CT molecular complexity index is 1740. The van der Waals surface area contributed by atoms with Crippen molar-refractivity contribution in [1.29, 1.82) is 0 Å². The Balaban J connectivity index is 1.37. The monoisotopic (exact) mass is 551 g/mol. The van der Waals surface area contributed by atoms with Crippen LogP contribution in [0.5, 0.6) is 0 Å². The molecule has 7 rings (SSSR count). The molecule has 6 aromatic carbocycles. The largest absolute Gasteiger partial charge is 0.380 e. The van der Waals surface area contributed by atoms with Gasteiger partial charge in [-0.2, -0.15) is 0 Å². The maximum absolute atomic E-state index is 4.94. The number of rotatable bonds is 6. The highest BCUT2D eigenvalue weighted by Gasteiger charge is 2.31. The molecule has 3 N–H and O–H groups in total. The normalized spacial score (nSPS) is 18.9. The van der Waals surface area contributed by atoms with E-state index in [9.17, 15) is 0 Å². The van der Waals surface area contributed by atoms with Crippen LogP contribution in [0.2, 0.25) is 0 Å². The molecule has 1 fully saturated rings. The number of hydrogen-bond acceptors (Lipinski definition) is 4. The van der Waals surface area contributed by atoms with E-state index in [1.165, 1.54) is 43.8 Å². The van der Waals surface area contributed by atoms with E-state index in [1.54, 1.807) is 0 Å². The fraction of sp³-hybridized carbons (Fsp3) is 0.135. The second-order valence-electron chi connectivity index (χ2n) is 10.8. The molecule has 2 unspecified atom stereocenters. The molecule has 0 radical (unpaired) electrons. The number of fused-ring (bicyclic) bond motifs is 3. The fourth-order valence-corrected chi connectivity index (χ4v) is 6.51. The maximum atomic E-state index is 4.94. The molecule has 41 heavy (non-hydrogen) atoms. The Labute approximate surface area is 247 Å². The summed E-state index contributed by atoms with van der Waals surface area (Å²) in [6.45, 7) is 0.734. The first-order valence-corrected chi connectivity index (χ1v) is 14.8. The standard InChI is InChI=1S/C37H33N3S/c41-34-21-20-30-31(22-28-18-10-11-19-29(28)35(30)36(34)38-24-25-12-4-1-5-13-25)37-39-32(26-14-6-2-7-15-26)23-33(40-37)27-16-8-3-9-17-27/h1-22,32-33,37-41H,23-24H2. The van der Waals surface area contributed by atoms with E-state index in [0.717, 1.165) is 23.5 Å². The van der Waals surface area contributed by atoms with Crippen molar-refractivity contribution in [2.75, 3.05) is 5.32 Å². The number of anilines is 1. The summed E-state index contributed by atoms with van der Waals surface area (Å²) >= 11 is 4.94. The van der Waals surface area contributed by atoms with Gasteiger partial charge in [-0.25, -0.2) is 0 Å². The van der Waals surface area contributed by atoms with E-state index in [2.05, 4.69) is 149 Å². The van der Waals surface area contributed by atoms with Crippen LogP contribution in [0.4, 0.5) is 5.69 Å². The van der Waals surface area contributed by atoms with Crippen molar-refractivity contribution in [1.82, 2.24) is 10.6 Å². The Kier molecular flexibility index (Phi) is 7.20. The first-order chi connectivity index (χ1) is 20.2. The van der Waals surface area contributed by atoms with Gasteiger partial charge in [0.15, 0.2) is 0 Å². The molecule has 2 atom stereocenters. The lowest BCUT2D eigenvalue weighted by Gasteiger charge is -2.39. The van der Waals surface area contributed by atoms with E-state index in [4.69, 9.17) is 12.6 Å². The molecule has 0 aromatic heterocycles. The zero-order chi connectivity index (χ0) is 27.6. The smallest absolute Gasteiger partial charge is 0.0851 e. The molecule has 202 valence electrons. The van der Waals surface area contributed by atoms with Gasteiger partial charge in [-0.1, -0.05) is 121 Å². The predicted molar refractivity (Wildman–Crippen MR) is 174 cm³/mol. The zero-order valence-electron chi connectivity index (χ0n) is 22.8. The molecule has 0 bridgehead atoms. The summed E-state index contributed by atoms with van der Waals surface area (Å²) in [5, 5.41) is 16.6. The van der Waals surface area contributed by atoms with Crippen molar-refractivity contribution < 1.29 is 0 Å². The van der Waals surface area contributed by atoms with E-state index in [1.807, 2.05) is 0 Å². The third kappa shape index (κ3) is 5.22. The highest BCUT2D eigenvalue weighted by Crippen LogP contribution is 2.42. The third-order valence-corrected chi connectivity index (χ3v) is 8.64. The molecule has 1 saturated heterocycles. The molecule has 0 spiro atoms. The SMILES string of the molecule is Sc1ccc2c(C3NC(c4ccccc4)CC(c4ccccc4)N3)cc3ccccc3c2c1NCc1ccccc1. The van der Waals surface area contributed by atoms with Crippen LogP contribution in [0.15, 0.2) is 138 Å². The topological polar surface area (TPSA) is 36.1 Å². The quantitative estimate of drug-likeness (QED) is 0.123. The molecular weight excluding hydrogens is 518 g/mol. The van der Waals surface area contributed by atoms with Crippen molar-refractivity contribution >= 4 is 39.9 Å². The summed E-state index contributed by atoms with van der Waals surface area (Å²) in [4.78, 5) is 0.949. The van der Waals surface area contributed by atoms with Gasteiger partial charge in [-0.15, -0.1) is 12.6 Å². The van der Waals surface area contributed by atoms with Gasteiger partial charge in [-0.3, -0.25) is 10.6 Å². The third-order valence-electron chi connectivity index (χ3n) is 8.27. The lowest BCUT2D eigenvalue weighted by Crippen LogP contribution is -2.45. The van der Waals surface area contributed by atoms with Crippen LogP contribution < -0.4 is 16.0 Å². The first-order valence-electron chi connectivity index (χ1n) is 14.3. The van der Waals surface area contributed by atoms with Crippen LogP contribution in [0.3, 0.4) is 0 Å². The molecule has 1 aliphatic rings. The van der Waals surface area contributed by atoms with Gasteiger partial charge in [0, 0.05) is 28.9 Å². The molecule has 4 heteroatoms. The number of nitrogens with one attached hydrogen (secondary N) is 3. The second kappa shape index (κ2) is 11.4. The van der Waals surface area contributed by atoms with Gasteiger partial charge in [0.25, 0.3) is 0 Å². The van der Waals surface area contributed by atoms with Gasteiger partial charge >= 0.3 is 0 Å². The zero-order valence-corrected chi connectivity index (χ0v) is 23.7. The highest BCUT2D eigenvalue weighted by atomic mass is 32.1.